The Hall–Kier alpha value is -3.34. The normalized spacial score (nSPS) is 11.4. The number of pyridine rings is 2. The number of sulfone groups is 1. The van der Waals surface area contributed by atoms with Crippen LogP contribution < -0.4 is 5.32 Å². The van der Waals surface area contributed by atoms with Gasteiger partial charge in [0, 0.05) is 32.6 Å². The minimum absolute atomic E-state index is 0.0110. The van der Waals surface area contributed by atoms with Crippen LogP contribution in [0.15, 0.2) is 102 Å². The summed E-state index contributed by atoms with van der Waals surface area (Å²) in [6, 6.07) is 24.9. The van der Waals surface area contributed by atoms with E-state index in [-0.39, 0.29) is 21.4 Å². The number of carbonyl (C=O) groups excluding carboxylic acids is 1. The van der Waals surface area contributed by atoms with E-state index in [1.165, 1.54) is 24.4 Å². The zero-order valence-electron chi connectivity index (χ0n) is 19.2. The summed E-state index contributed by atoms with van der Waals surface area (Å²) in [5.74, 6) is -0.674. The highest BCUT2D eigenvalue weighted by molar-refractivity contribution is 14.1. The predicted molar refractivity (Wildman–Crippen MR) is 154 cm³/mol. The van der Waals surface area contributed by atoms with Gasteiger partial charge in [0.15, 0.2) is 14.9 Å². The van der Waals surface area contributed by atoms with Crippen molar-refractivity contribution in [3.8, 4) is 11.3 Å². The van der Waals surface area contributed by atoms with E-state index in [1.54, 1.807) is 24.4 Å². The van der Waals surface area contributed by atoms with Crippen LogP contribution in [0.3, 0.4) is 0 Å². The lowest BCUT2D eigenvalue weighted by Gasteiger charge is -2.12. The Balaban J connectivity index is 1.39. The number of benzene rings is 3. The van der Waals surface area contributed by atoms with E-state index in [1.807, 2.05) is 48.5 Å². The average molecular weight is 640 g/mol. The summed E-state index contributed by atoms with van der Waals surface area (Å²) < 4.78 is 26.3. The molecule has 2 aromatic heterocycles. The molecule has 0 spiro atoms. The second kappa shape index (κ2) is 10.6. The molecule has 5 aromatic rings. The molecule has 2 heterocycles. The van der Waals surface area contributed by atoms with Crippen LogP contribution in [0.25, 0.3) is 22.0 Å². The van der Waals surface area contributed by atoms with Gasteiger partial charge in [0.25, 0.3) is 5.91 Å². The highest BCUT2D eigenvalue weighted by Gasteiger charge is 2.19. The largest absolute Gasteiger partial charge is 0.322 e. The molecule has 3 aromatic carbocycles. The lowest BCUT2D eigenvalue weighted by atomic mass is 10.0. The smallest absolute Gasteiger partial charge is 0.257 e. The lowest BCUT2D eigenvalue weighted by molar-refractivity contribution is 0.102. The maximum atomic E-state index is 13.1. The van der Waals surface area contributed by atoms with Crippen molar-refractivity contribution in [1.82, 2.24) is 9.97 Å². The molecule has 0 saturated carbocycles. The van der Waals surface area contributed by atoms with Crippen LogP contribution in [-0.4, -0.2) is 24.3 Å². The van der Waals surface area contributed by atoms with Crippen molar-refractivity contribution in [3.63, 3.8) is 0 Å². The molecule has 1 N–H and O–H groups in total. The fourth-order valence-corrected chi connectivity index (χ4v) is 6.13. The van der Waals surface area contributed by atoms with Gasteiger partial charge in [-0.15, -0.1) is 0 Å². The highest BCUT2D eigenvalue weighted by atomic mass is 127. The molecule has 0 aliphatic rings. The summed E-state index contributed by atoms with van der Waals surface area (Å²) in [7, 11) is -3.64. The molecule has 0 fully saturated rings. The minimum Gasteiger partial charge on any atom is -0.322 e. The first-order chi connectivity index (χ1) is 17.8. The third-order valence-electron chi connectivity index (χ3n) is 5.74. The number of fused-ring (bicyclic) bond motifs is 1. The van der Waals surface area contributed by atoms with Crippen LogP contribution in [0.1, 0.15) is 15.9 Å². The average Bonchev–Trinajstić information content (AvgIpc) is 2.90. The number of amides is 1. The summed E-state index contributed by atoms with van der Waals surface area (Å²) in [4.78, 5) is 21.6. The molecule has 0 aliphatic heterocycles. The van der Waals surface area contributed by atoms with Gasteiger partial charge in [-0.05, 0) is 82.1 Å². The number of halogens is 2. The number of nitrogens with zero attached hydrogens (tertiary/aromatic N) is 2. The molecule has 9 heteroatoms. The first-order valence-electron chi connectivity index (χ1n) is 11.2. The maximum absolute atomic E-state index is 13.1. The number of hydrogen-bond acceptors (Lipinski definition) is 5. The second-order valence-electron chi connectivity index (χ2n) is 8.27. The van der Waals surface area contributed by atoms with Gasteiger partial charge < -0.3 is 5.32 Å². The molecule has 37 heavy (non-hydrogen) atoms. The standard InChI is InChI=1S/C28H19ClIN3O3S/c29-24-15-18(17-37(35,36)26-7-3-4-13-31-26)8-10-22(24)28(34)33-20-9-11-25(30)23(16-20)27-21-6-2-1-5-19(21)12-14-32-27/h1-16H,17H2,(H,33,34). The second-order valence-corrected chi connectivity index (χ2v) is 11.8. The first-order valence-corrected chi connectivity index (χ1v) is 14.3. The number of aromatic nitrogens is 2. The third-order valence-corrected chi connectivity index (χ3v) is 8.59. The van der Waals surface area contributed by atoms with E-state index in [2.05, 4.69) is 37.9 Å². The van der Waals surface area contributed by atoms with Crippen molar-refractivity contribution < 1.29 is 13.2 Å². The quantitative estimate of drug-likeness (QED) is 0.207. The van der Waals surface area contributed by atoms with Gasteiger partial charge in [0.1, 0.15) is 0 Å². The van der Waals surface area contributed by atoms with Crippen LogP contribution >= 0.6 is 34.2 Å². The van der Waals surface area contributed by atoms with Crippen LogP contribution in [-0.2, 0) is 15.6 Å². The van der Waals surface area contributed by atoms with Crippen molar-refractivity contribution in [2.45, 2.75) is 10.8 Å². The van der Waals surface area contributed by atoms with Crippen LogP contribution in [0, 0.1) is 3.57 Å². The molecule has 0 aliphatic carbocycles. The molecule has 1 amide bonds. The molecular formula is C28H19ClIN3O3S. The van der Waals surface area contributed by atoms with Crippen molar-refractivity contribution in [3.05, 3.63) is 117 Å². The van der Waals surface area contributed by atoms with E-state index < -0.39 is 15.7 Å². The van der Waals surface area contributed by atoms with Gasteiger partial charge in [-0.3, -0.25) is 9.78 Å². The Kier molecular flexibility index (Phi) is 7.23. The summed E-state index contributed by atoms with van der Waals surface area (Å²) in [6.45, 7) is 0. The third kappa shape index (κ3) is 5.51. The molecule has 0 saturated heterocycles. The Morgan fingerprint density at radius 3 is 2.49 bits per heavy atom. The molecule has 5 rings (SSSR count). The predicted octanol–water partition coefficient (Wildman–Crippen LogP) is 6.78. The zero-order valence-corrected chi connectivity index (χ0v) is 23.0. The number of nitrogens with one attached hydrogen (secondary N) is 1. The number of carbonyl (C=O) groups is 1. The summed E-state index contributed by atoms with van der Waals surface area (Å²) in [5.41, 5.74) is 3.02. The van der Waals surface area contributed by atoms with Crippen molar-refractivity contribution in [1.29, 1.82) is 0 Å². The first kappa shape index (κ1) is 25.3. The SMILES string of the molecule is O=C(Nc1ccc(I)c(-c2nccc3ccccc23)c1)c1ccc(CS(=O)(=O)c2ccccn2)cc1Cl. The summed E-state index contributed by atoms with van der Waals surface area (Å²) in [5, 5.41) is 5.14. The van der Waals surface area contributed by atoms with Gasteiger partial charge in [-0.25, -0.2) is 13.4 Å². The van der Waals surface area contributed by atoms with Gasteiger partial charge in [-0.2, -0.15) is 0 Å². The summed E-state index contributed by atoms with van der Waals surface area (Å²) >= 11 is 8.66. The lowest BCUT2D eigenvalue weighted by Crippen LogP contribution is -2.13. The molecule has 0 unspecified atom stereocenters. The number of rotatable bonds is 6. The molecule has 6 nitrogen and oxygen atoms in total. The molecule has 0 bridgehead atoms. The zero-order chi connectivity index (χ0) is 26.0. The van der Waals surface area contributed by atoms with Gasteiger partial charge in [-0.1, -0.05) is 48.0 Å². The molecule has 184 valence electrons. The maximum Gasteiger partial charge on any atom is 0.257 e. The molecule has 0 radical (unpaired) electrons. The van der Waals surface area contributed by atoms with Gasteiger partial charge >= 0.3 is 0 Å². The van der Waals surface area contributed by atoms with Crippen LogP contribution in [0.4, 0.5) is 5.69 Å². The minimum atomic E-state index is -3.64. The van der Waals surface area contributed by atoms with E-state index in [0.29, 0.717) is 11.3 Å². The van der Waals surface area contributed by atoms with Crippen LogP contribution in [0.5, 0.6) is 0 Å². The van der Waals surface area contributed by atoms with Crippen LogP contribution in [0.2, 0.25) is 5.02 Å². The van der Waals surface area contributed by atoms with Crippen molar-refractivity contribution in [2.75, 3.05) is 5.32 Å². The Morgan fingerprint density at radius 2 is 1.70 bits per heavy atom. The number of anilines is 1. The molecule has 0 atom stereocenters. The van der Waals surface area contributed by atoms with E-state index >= 15 is 0 Å². The highest BCUT2D eigenvalue weighted by Crippen LogP contribution is 2.32. The summed E-state index contributed by atoms with van der Waals surface area (Å²) in [6.07, 6.45) is 3.20. The monoisotopic (exact) mass is 639 g/mol. The van der Waals surface area contributed by atoms with E-state index in [0.717, 1.165) is 25.6 Å². The Morgan fingerprint density at radius 1 is 0.892 bits per heavy atom. The topological polar surface area (TPSA) is 89.0 Å². The Bertz CT molecular complexity index is 1740. The Labute approximate surface area is 232 Å². The molecular weight excluding hydrogens is 621 g/mol. The fraction of sp³-hybridized carbons (Fsp3) is 0.0357. The van der Waals surface area contributed by atoms with E-state index in [9.17, 15) is 13.2 Å². The van der Waals surface area contributed by atoms with Crippen molar-refractivity contribution in [2.24, 2.45) is 0 Å². The van der Waals surface area contributed by atoms with Crippen molar-refractivity contribution >= 4 is 66.4 Å². The van der Waals surface area contributed by atoms with Gasteiger partial charge in [0.2, 0.25) is 0 Å². The fourth-order valence-electron chi connectivity index (χ4n) is 3.97. The number of hydrogen-bond donors (Lipinski definition) is 1. The van der Waals surface area contributed by atoms with Gasteiger partial charge in [0.05, 0.1) is 22.0 Å². The van der Waals surface area contributed by atoms with E-state index in [4.69, 9.17) is 11.6 Å².